The fourth-order valence-electron chi connectivity index (χ4n) is 2.14. The lowest BCUT2D eigenvalue weighted by atomic mass is 10.0. The van der Waals surface area contributed by atoms with Crippen molar-refractivity contribution in [1.82, 2.24) is 10.3 Å². The lowest BCUT2D eigenvalue weighted by Gasteiger charge is -2.38. The summed E-state index contributed by atoms with van der Waals surface area (Å²) in [6.07, 6.45) is 1.98. The van der Waals surface area contributed by atoms with E-state index in [1.54, 1.807) is 0 Å². The van der Waals surface area contributed by atoms with Crippen LogP contribution in [-0.2, 0) is 4.74 Å². The quantitative estimate of drug-likeness (QED) is 0.422. The number of hydrogen-bond donors (Lipinski definition) is 2. The number of morpholine rings is 1. The van der Waals surface area contributed by atoms with E-state index >= 15 is 0 Å². The topological polar surface area (TPSA) is 50.5 Å². The molecule has 1 aliphatic rings. The molecule has 0 bridgehead atoms. The average molecular weight is 239 g/mol. The number of nitrogens with zero attached hydrogens (tertiary/aromatic N) is 1. The first-order valence-corrected chi connectivity index (χ1v) is 6.40. The largest absolute Gasteiger partial charge is 0.374 e. The number of nitrogens with one attached hydrogen (secondary N) is 1. The van der Waals surface area contributed by atoms with Crippen LogP contribution in [0.15, 0.2) is 0 Å². The molecule has 3 N–H and O–H groups in total. The van der Waals surface area contributed by atoms with Crippen molar-refractivity contribution in [2.45, 2.75) is 51.8 Å². The van der Waals surface area contributed by atoms with Crippen molar-refractivity contribution in [3.8, 4) is 11.8 Å². The molecule has 2 atom stereocenters. The standard InChI is InChI=1S/C13H25N3O/c1-4-5-6-7-12(15-14)13-10-16(11(2)3)8-9-17-13/h11-13,15H,6-10,14H2,1-3H3. The Hall–Kier alpha value is -0.600. The molecule has 4 nitrogen and oxygen atoms in total. The fraction of sp³-hybridized carbons (Fsp3) is 0.846. The van der Waals surface area contributed by atoms with Gasteiger partial charge in [0.1, 0.15) is 0 Å². The minimum Gasteiger partial charge on any atom is -0.374 e. The molecule has 0 aromatic carbocycles. The Kier molecular flexibility index (Phi) is 6.53. The smallest absolute Gasteiger partial charge is 0.0869 e. The molecule has 4 heteroatoms. The molecule has 1 rings (SSSR count). The summed E-state index contributed by atoms with van der Waals surface area (Å²) in [4.78, 5) is 2.43. The van der Waals surface area contributed by atoms with Crippen LogP contribution in [0, 0.1) is 11.8 Å². The molecule has 0 aliphatic carbocycles. The van der Waals surface area contributed by atoms with Gasteiger partial charge in [-0.1, -0.05) is 0 Å². The number of hydrazine groups is 1. The highest BCUT2D eigenvalue weighted by molar-refractivity contribution is 4.96. The van der Waals surface area contributed by atoms with Gasteiger partial charge in [-0.25, -0.2) is 0 Å². The Bertz CT molecular complexity index is 270. The molecule has 0 aromatic rings. The summed E-state index contributed by atoms with van der Waals surface area (Å²) in [7, 11) is 0. The molecular weight excluding hydrogens is 214 g/mol. The van der Waals surface area contributed by atoms with Crippen LogP contribution in [0.1, 0.15) is 33.6 Å². The minimum absolute atomic E-state index is 0.176. The van der Waals surface area contributed by atoms with Crippen LogP contribution in [0.25, 0.3) is 0 Å². The van der Waals surface area contributed by atoms with Gasteiger partial charge in [0.25, 0.3) is 0 Å². The summed E-state index contributed by atoms with van der Waals surface area (Å²) < 4.78 is 5.81. The van der Waals surface area contributed by atoms with Gasteiger partial charge in [0.05, 0.1) is 12.7 Å². The van der Waals surface area contributed by atoms with Crippen molar-refractivity contribution in [2.24, 2.45) is 5.84 Å². The zero-order chi connectivity index (χ0) is 12.7. The summed E-state index contributed by atoms with van der Waals surface area (Å²) in [6.45, 7) is 9.06. The van der Waals surface area contributed by atoms with E-state index in [1.165, 1.54) is 0 Å². The Labute approximate surface area is 105 Å². The normalized spacial score (nSPS) is 23.2. The summed E-state index contributed by atoms with van der Waals surface area (Å²) in [5.41, 5.74) is 2.87. The molecule has 0 saturated carbocycles. The Morgan fingerprint density at radius 1 is 1.53 bits per heavy atom. The number of nitrogens with two attached hydrogens (primary N) is 1. The lowest BCUT2D eigenvalue weighted by Crippen LogP contribution is -2.55. The summed E-state index contributed by atoms with van der Waals surface area (Å²) in [6, 6.07) is 0.757. The van der Waals surface area contributed by atoms with Crippen LogP contribution in [-0.4, -0.2) is 42.8 Å². The van der Waals surface area contributed by atoms with Gasteiger partial charge in [-0.3, -0.25) is 16.2 Å². The van der Waals surface area contributed by atoms with Crippen LogP contribution >= 0.6 is 0 Å². The first kappa shape index (κ1) is 14.5. The van der Waals surface area contributed by atoms with Gasteiger partial charge in [-0.2, -0.15) is 0 Å². The van der Waals surface area contributed by atoms with Crippen molar-refractivity contribution in [3.63, 3.8) is 0 Å². The molecule has 0 aromatic heterocycles. The maximum absolute atomic E-state index is 5.81. The summed E-state index contributed by atoms with van der Waals surface area (Å²) in [5, 5.41) is 0. The second-order valence-corrected chi connectivity index (χ2v) is 4.74. The molecular formula is C13H25N3O. The summed E-state index contributed by atoms with van der Waals surface area (Å²) in [5.74, 6) is 11.6. The Morgan fingerprint density at radius 2 is 2.29 bits per heavy atom. The molecule has 2 unspecified atom stereocenters. The summed E-state index contributed by atoms with van der Waals surface area (Å²) >= 11 is 0. The van der Waals surface area contributed by atoms with E-state index in [0.29, 0.717) is 6.04 Å². The maximum atomic E-state index is 5.81. The first-order chi connectivity index (χ1) is 8.19. The van der Waals surface area contributed by atoms with Gasteiger partial charge < -0.3 is 4.74 Å². The van der Waals surface area contributed by atoms with E-state index in [4.69, 9.17) is 10.6 Å². The lowest BCUT2D eigenvalue weighted by molar-refractivity contribution is -0.0563. The zero-order valence-corrected chi connectivity index (χ0v) is 11.2. The second kappa shape index (κ2) is 7.67. The van der Waals surface area contributed by atoms with E-state index in [2.05, 4.69) is 36.0 Å². The number of hydrogen-bond acceptors (Lipinski definition) is 4. The highest BCUT2D eigenvalue weighted by atomic mass is 16.5. The first-order valence-electron chi connectivity index (χ1n) is 6.40. The van der Waals surface area contributed by atoms with E-state index < -0.39 is 0 Å². The van der Waals surface area contributed by atoms with Gasteiger partial charge in [-0.05, 0) is 27.2 Å². The van der Waals surface area contributed by atoms with E-state index in [9.17, 15) is 0 Å². The van der Waals surface area contributed by atoms with Crippen LogP contribution in [0.2, 0.25) is 0 Å². The zero-order valence-electron chi connectivity index (χ0n) is 11.2. The molecule has 0 spiro atoms. The van der Waals surface area contributed by atoms with E-state index in [0.717, 1.165) is 32.5 Å². The highest BCUT2D eigenvalue weighted by Crippen LogP contribution is 2.14. The van der Waals surface area contributed by atoms with Crippen molar-refractivity contribution >= 4 is 0 Å². The van der Waals surface area contributed by atoms with Gasteiger partial charge in [-0.15, -0.1) is 11.8 Å². The van der Waals surface area contributed by atoms with Gasteiger partial charge in [0.2, 0.25) is 0 Å². The fourth-order valence-corrected chi connectivity index (χ4v) is 2.14. The molecule has 1 fully saturated rings. The van der Waals surface area contributed by atoms with Crippen LogP contribution in [0.4, 0.5) is 0 Å². The van der Waals surface area contributed by atoms with Crippen molar-refractivity contribution < 1.29 is 4.74 Å². The minimum atomic E-state index is 0.176. The Morgan fingerprint density at radius 3 is 2.88 bits per heavy atom. The molecule has 98 valence electrons. The molecule has 1 aliphatic heterocycles. The molecule has 1 saturated heterocycles. The average Bonchev–Trinajstić information content (AvgIpc) is 2.35. The predicted octanol–water partition coefficient (Wildman–Crippen LogP) is 0.731. The van der Waals surface area contributed by atoms with Crippen LogP contribution < -0.4 is 11.3 Å². The molecule has 17 heavy (non-hydrogen) atoms. The maximum Gasteiger partial charge on any atom is 0.0869 e. The van der Waals surface area contributed by atoms with Crippen LogP contribution in [0.5, 0.6) is 0 Å². The Balaban J connectivity index is 2.46. The third-order valence-corrected chi connectivity index (χ3v) is 3.28. The SMILES string of the molecule is CC#CCCC(NN)C1CN(C(C)C)CCO1. The van der Waals surface area contributed by atoms with Crippen molar-refractivity contribution in [2.75, 3.05) is 19.7 Å². The third-order valence-electron chi connectivity index (χ3n) is 3.28. The third kappa shape index (κ3) is 4.64. The van der Waals surface area contributed by atoms with Crippen LogP contribution in [0.3, 0.4) is 0 Å². The second-order valence-electron chi connectivity index (χ2n) is 4.74. The molecule has 0 amide bonds. The molecule has 0 radical (unpaired) electrons. The van der Waals surface area contributed by atoms with Gasteiger partial charge >= 0.3 is 0 Å². The number of ether oxygens (including phenoxy) is 1. The molecule has 1 heterocycles. The van der Waals surface area contributed by atoms with Crippen molar-refractivity contribution in [3.05, 3.63) is 0 Å². The monoisotopic (exact) mass is 239 g/mol. The van der Waals surface area contributed by atoms with E-state index in [1.807, 2.05) is 6.92 Å². The van der Waals surface area contributed by atoms with Gasteiger partial charge in [0.15, 0.2) is 0 Å². The van der Waals surface area contributed by atoms with Crippen molar-refractivity contribution in [1.29, 1.82) is 0 Å². The number of rotatable bonds is 5. The van der Waals surface area contributed by atoms with E-state index in [-0.39, 0.29) is 12.1 Å². The highest BCUT2D eigenvalue weighted by Gasteiger charge is 2.28. The predicted molar refractivity (Wildman–Crippen MR) is 70.2 cm³/mol. The van der Waals surface area contributed by atoms with Gasteiger partial charge in [0, 0.05) is 31.6 Å².